The first-order valence-corrected chi connectivity index (χ1v) is 7.03. The molecule has 6 unspecified atom stereocenters. The summed E-state index contributed by atoms with van der Waals surface area (Å²) in [6.45, 7) is 4.88. The van der Waals surface area contributed by atoms with Gasteiger partial charge < -0.3 is 5.32 Å². The summed E-state index contributed by atoms with van der Waals surface area (Å²) in [6.07, 6.45) is 9.06. The van der Waals surface area contributed by atoms with Gasteiger partial charge >= 0.3 is 0 Å². The van der Waals surface area contributed by atoms with Crippen molar-refractivity contribution in [1.82, 2.24) is 5.32 Å². The number of rotatable bonds is 0. The van der Waals surface area contributed by atoms with Crippen molar-refractivity contribution in [2.45, 2.75) is 64.5 Å². The van der Waals surface area contributed by atoms with Crippen LogP contribution in [-0.4, -0.2) is 12.1 Å². The molecule has 1 N–H and O–H groups in total. The molecule has 2 saturated carbocycles. The highest BCUT2D eigenvalue weighted by Gasteiger charge is 2.47. The van der Waals surface area contributed by atoms with Gasteiger partial charge in [0.1, 0.15) is 0 Å². The average Bonchev–Trinajstić information content (AvgIpc) is 2.55. The zero-order valence-electron chi connectivity index (χ0n) is 10.2. The third-order valence-corrected chi connectivity index (χ3v) is 5.65. The molecule has 3 aliphatic rings. The number of hydrogen-bond acceptors (Lipinski definition) is 1. The van der Waals surface area contributed by atoms with Crippen LogP contribution in [-0.2, 0) is 0 Å². The molecule has 6 atom stereocenters. The molecule has 0 aromatic carbocycles. The normalized spacial score (nSPS) is 54.8. The van der Waals surface area contributed by atoms with Crippen molar-refractivity contribution in [2.24, 2.45) is 23.7 Å². The van der Waals surface area contributed by atoms with Crippen molar-refractivity contribution < 1.29 is 0 Å². The fourth-order valence-corrected chi connectivity index (χ4v) is 4.76. The lowest BCUT2D eigenvalue weighted by molar-refractivity contribution is 0.0749. The number of hydrogen-bond donors (Lipinski definition) is 1. The molecule has 3 rings (SSSR count). The molecule has 3 fully saturated rings. The van der Waals surface area contributed by atoms with Crippen molar-refractivity contribution in [3.05, 3.63) is 0 Å². The molecule has 0 aromatic heterocycles. The third-order valence-electron chi connectivity index (χ3n) is 5.65. The van der Waals surface area contributed by atoms with Gasteiger partial charge in [0.05, 0.1) is 0 Å². The molecule has 1 nitrogen and oxygen atoms in total. The molecule has 15 heavy (non-hydrogen) atoms. The average molecular weight is 207 g/mol. The Morgan fingerprint density at radius 3 is 2.60 bits per heavy atom. The van der Waals surface area contributed by atoms with E-state index in [1.54, 1.807) is 0 Å². The monoisotopic (exact) mass is 207 g/mol. The van der Waals surface area contributed by atoms with E-state index >= 15 is 0 Å². The Balaban J connectivity index is 1.81. The van der Waals surface area contributed by atoms with Crippen LogP contribution >= 0.6 is 0 Å². The van der Waals surface area contributed by atoms with E-state index in [2.05, 4.69) is 19.2 Å². The molecule has 0 amide bonds. The van der Waals surface area contributed by atoms with Gasteiger partial charge in [0.25, 0.3) is 0 Å². The minimum Gasteiger partial charge on any atom is -0.311 e. The minimum atomic E-state index is 0.765. The Morgan fingerprint density at radius 2 is 1.73 bits per heavy atom. The number of nitrogens with one attached hydrogen (secondary N) is 1. The van der Waals surface area contributed by atoms with Crippen molar-refractivity contribution >= 4 is 0 Å². The van der Waals surface area contributed by atoms with Gasteiger partial charge in [-0.2, -0.15) is 0 Å². The van der Waals surface area contributed by atoms with E-state index in [9.17, 15) is 0 Å². The summed E-state index contributed by atoms with van der Waals surface area (Å²) < 4.78 is 0. The molecular weight excluding hydrogens is 182 g/mol. The van der Waals surface area contributed by atoms with E-state index in [1.165, 1.54) is 38.5 Å². The maximum absolute atomic E-state index is 3.84. The van der Waals surface area contributed by atoms with Crippen LogP contribution in [0.25, 0.3) is 0 Å². The summed E-state index contributed by atoms with van der Waals surface area (Å²) in [5, 5.41) is 3.84. The second-order valence-corrected chi connectivity index (χ2v) is 6.28. The fourth-order valence-electron chi connectivity index (χ4n) is 4.76. The third kappa shape index (κ3) is 1.54. The molecule has 0 aromatic rings. The lowest BCUT2D eigenvalue weighted by Crippen LogP contribution is -2.42. The second kappa shape index (κ2) is 3.76. The lowest BCUT2D eigenvalue weighted by Gasteiger charge is -2.44. The molecule has 0 bridgehead atoms. The molecule has 1 heterocycles. The van der Waals surface area contributed by atoms with Gasteiger partial charge in [-0.05, 0) is 49.9 Å². The Labute approximate surface area is 94.0 Å². The van der Waals surface area contributed by atoms with E-state index in [4.69, 9.17) is 0 Å². The van der Waals surface area contributed by atoms with Crippen LogP contribution in [0.3, 0.4) is 0 Å². The Morgan fingerprint density at radius 1 is 0.933 bits per heavy atom. The molecule has 0 radical (unpaired) electrons. The fraction of sp³-hybridized carbons (Fsp3) is 1.00. The molecule has 2 aliphatic carbocycles. The zero-order valence-corrected chi connectivity index (χ0v) is 10.2. The van der Waals surface area contributed by atoms with Gasteiger partial charge in [-0.3, -0.25) is 0 Å². The van der Waals surface area contributed by atoms with Gasteiger partial charge in [0, 0.05) is 12.1 Å². The summed E-state index contributed by atoms with van der Waals surface area (Å²) in [5.41, 5.74) is 0. The summed E-state index contributed by atoms with van der Waals surface area (Å²) in [7, 11) is 0. The summed E-state index contributed by atoms with van der Waals surface area (Å²) in [4.78, 5) is 0. The second-order valence-electron chi connectivity index (χ2n) is 6.28. The van der Waals surface area contributed by atoms with Crippen molar-refractivity contribution in [3.8, 4) is 0 Å². The molecule has 1 heteroatoms. The number of fused-ring (bicyclic) bond motifs is 3. The van der Waals surface area contributed by atoms with Gasteiger partial charge in [0.15, 0.2) is 0 Å². The van der Waals surface area contributed by atoms with Crippen LogP contribution < -0.4 is 5.32 Å². The molecule has 1 aliphatic heterocycles. The van der Waals surface area contributed by atoms with E-state index in [0.29, 0.717) is 0 Å². The van der Waals surface area contributed by atoms with E-state index in [1.807, 2.05) is 0 Å². The largest absolute Gasteiger partial charge is 0.311 e. The van der Waals surface area contributed by atoms with Crippen LogP contribution in [0.5, 0.6) is 0 Å². The molecule has 1 saturated heterocycles. The highest BCUT2D eigenvalue weighted by molar-refractivity contribution is 5.01. The Hall–Kier alpha value is -0.0400. The summed E-state index contributed by atoms with van der Waals surface area (Å²) in [6, 6.07) is 1.63. The maximum Gasteiger partial charge on any atom is 0.0104 e. The Kier molecular flexibility index (Phi) is 2.54. The molecule has 86 valence electrons. The highest BCUT2D eigenvalue weighted by Crippen LogP contribution is 2.49. The summed E-state index contributed by atoms with van der Waals surface area (Å²) >= 11 is 0. The maximum atomic E-state index is 3.84. The van der Waals surface area contributed by atoms with E-state index in [-0.39, 0.29) is 0 Å². The van der Waals surface area contributed by atoms with Gasteiger partial charge in [-0.1, -0.05) is 26.2 Å². The van der Waals surface area contributed by atoms with Crippen molar-refractivity contribution in [1.29, 1.82) is 0 Å². The van der Waals surface area contributed by atoms with Gasteiger partial charge in [0.2, 0.25) is 0 Å². The van der Waals surface area contributed by atoms with Crippen LogP contribution in [0.1, 0.15) is 52.4 Å². The van der Waals surface area contributed by atoms with Crippen LogP contribution in [0, 0.1) is 23.7 Å². The zero-order chi connectivity index (χ0) is 10.4. The van der Waals surface area contributed by atoms with Gasteiger partial charge in [-0.25, -0.2) is 0 Å². The first kappa shape index (κ1) is 10.1. The predicted octanol–water partition coefficient (Wildman–Crippen LogP) is 3.20. The first-order valence-electron chi connectivity index (χ1n) is 7.03. The van der Waals surface area contributed by atoms with Crippen LogP contribution in [0.4, 0.5) is 0 Å². The van der Waals surface area contributed by atoms with E-state index in [0.717, 1.165) is 35.8 Å². The van der Waals surface area contributed by atoms with Gasteiger partial charge in [-0.15, -0.1) is 0 Å². The predicted molar refractivity (Wildman–Crippen MR) is 63.7 cm³/mol. The molecule has 0 spiro atoms. The smallest absolute Gasteiger partial charge is 0.0104 e. The van der Waals surface area contributed by atoms with Crippen LogP contribution in [0.15, 0.2) is 0 Å². The standard InChI is InChI=1S/C14H25N/c1-9-10(2)15-13-8-7-11-5-3-4-6-12(11)14(9)13/h9-15H,3-8H2,1-2H3. The highest BCUT2D eigenvalue weighted by atomic mass is 15.0. The summed E-state index contributed by atoms with van der Waals surface area (Å²) in [5.74, 6) is 4.10. The topological polar surface area (TPSA) is 12.0 Å². The quantitative estimate of drug-likeness (QED) is 0.643. The van der Waals surface area contributed by atoms with E-state index < -0.39 is 0 Å². The van der Waals surface area contributed by atoms with Crippen LogP contribution in [0.2, 0.25) is 0 Å². The SMILES string of the molecule is CC1NC2CCC3CCCCC3C2C1C. The Bertz CT molecular complexity index is 237. The van der Waals surface area contributed by atoms with Crippen molar-refractivity contribution in [2.75, 3.05) is 0 Å². The first-order chi connectivity index (χ1) is 7.27. The lowest BCUT2D eigenvalue weighted by atomic mass is 9.61. The van der Waals surface area contributed by atoms with Crippen molar-refractivity contribution in [3.63, 3.8) is 0 Å². The molecular formula is C14H25N. The minimum absolute atomic E-state index is 0.765.